The molecule has 0 radical (unpaired) electrons. The average molecular weight is 222 g/mol. The lowest BCUT2D eigenvalue weighted by molar-refractivity contribution is -0.149. The van der Waals surface area contributed by atoms with Crippen molar-refractivity contribution in [1.82, 2.24) is 10.2 Å². The Morgan fingerprint density at radius 2 is 2.12 bits per heavy atom. The summed E-state index contributed by atoms with van der Waals surface area (Å²) in [4.78, 5) is 25.4. The largest absolute Gasteiger partial charge is 0.342 e. The van der Waals surface area contributed by atoms with Gasteiger partial charge in [-0.15, -0.1) is 6.42 Å². The van der Waals surface area contributed by atoms with Crippen molar-refractivity contribution < 1.29 is 9.59 Å². The molecule has 1 aliphatic heterocycles. The molecule has 0 bridgehead atoms. The number of piperazine rings is 1. The minimum absolute atomic E-state index is 0.0700. The second kappa shape index (κ2) is 5.02. The molecule has 4 heteroatoms. The van der Waals surface area contributed by atoms with Crippen LogP contribution in [-0.2, 0) is 9.59 Å². The zero-order chi connectivity index (χ0) is 12.3. The maximum Gasteiger partial charge on any atom is 0.246 e. The van der Waals surface area contributed by atoms with Crippen LogP contribution in [0.3, 0.4) is 0 Å². The van der Waals surface area contributed by atoms with Gasteiger partial charge in [0.05, 0.1) is 6.54 Å². The summed E-state index contributed by atoms with van der Waals surface area (Å²) in [7, 11) is 0. The van der Waals surface area contributed by atoms with E-state index in [1.807, 2.05) is 20.8 Å². The van der Waals surface area contributed by atoms with Gasteiger partial charge in [0.1, 0.15) is 12.1 Å². The van der Waals surface area contributed by atoms with Crippen molar-refractivity contribution in [3.8, 4) is 12.3 Å². The standard InChI is InChI=1S/C12H18N2O2/c1-5-7-14-9(6-2)11(15)13-10(8(3)4)12(14)16/h1,8-10H,6-7H2,2-4H3,(H,13,15). The van der Waals surface area contributed by atoms with E-state index in [2.05, 4.69) is 11.2 Å². The van der Waals surface area contributed by atoms with E-state index < -0.39 is 12.1 Å². The van der Waals surface area contributed by atoms with Crippen LogP contribution in [0, 0.1) is 18.3 Å². The Labute approximate surface area is 96.4 Å². The summed E-state index contributed by atoms with van der Waals surface area (Å²) in [5, 5.41) is 2.76. The molecule has 1 rings (SSSR count). The van der Waals surface area contributed by atoms with Gasteiger partial charge < -0.3 is 10.2 Å². The van der Waals surface area contributed by atoms with Crippen molar-refractivity contribution in [2.75, 3.05) is 6.54 Å². The second-order valence-corrected chi connectivity index (χ2v) is 4.32. The molecule has 16 heavy (non-hydrogen) atoms. The number of rotatable bonds is 3. The van der Waals surface area contributed by atoms with Crippen LogP contribution < -0.4 is 5.32 Å². The number of hydrogen-bond donors (Lipinski definition) is 1. The fraction of sp³-hybridized carbons (Fsp3) is 0.667. The number of terminal acetylenes is 1. The van der Waals surface area contributed by atoms with Crippen molar-refractivity contribution in [3.05, 3.63) is 0 Å². The van der Waals surface area contributed by atoms with E-state index in [-0.39, 0.29) is 24.3 Å². The van der Waals surface area contributed by atoms with Crippen LogP contribution in [0.2, 0.25) is 0 Å². The highest BCUT2D eigenvalue weighted by molar-refractivity contribution is 5.97. The summed E-state index contributed by atoms with van der Waals surface area (Å²) in [6.07, 6.45) is 5.82. The molecule has 0 aromatic heterocycles. The number of carbonyl (C=O) groups excluding carboxylic acids is 2. The minimum atomic E-state index is -0.441. The Balaban J connectivity index is 2.94. The summed E-state index contributed by atoms with van der Waals surface area (Å²) in [5.41, 5.74) is 0. The Hall–Kier alpha value is -1.50. The third-order valence-electron chi connectivity index (χ3n) is 2.84. The number of carbonyl (C=O) groups is 2. The molecule has 88 valence electrons. The van der Waals surface area contributed by atoms with Gasteiger partial charge in [-0.05, 0) is 12.3 Å². The molecule has 0 spiro atoms. The van der Waals surface area contributed by atoms with Crippen LogP contribution in [0.25, 0.3) is 0 Å². The monoisotopic (exact) mass is 222 g/mol. The predicted molar refractivity (Wildman–Crippen MR) is 61.4 cm³/mol. The summed E-state index contributed by atoms with van der Waals surface area (Å²) in [6, 6.07) is -0.859. The van der Waals surface area contributed by atoms with Gasteiger partial charge in [0, 0.05) is 0 Å². The predicted octanol–water partition coefficient (Wildman–Crippen LogP) is 0.381. The fourth-order valence-corrected chi connectivity index (χ4v) is 1.93. The Bertz CT molecular complexity index is 330. The highest BCUT2D eigenvalue weighted by atomic mass is 16.2. The SMILES string of the molecule is C#CCN1C(=O)C(C(C)C)NC(=O)C1CC. The van der Waals surface area contributed by atoms with Gasteiger partial charge in [0.15, 0.2) is 0 Å². The van der Waals surface area contributed by atoms with Gasteiger partial charge in [-0.25, -0.2) is 0 Å². The normalized spacial score (nSPS) is 25.6. The van der Waals surface area contributed by atoms with Crippen molar-refractivity contribution in [2.45, 2.75) is 39.3 Å². The molecule has 2 unspecified atom stereocenters. The zero-order valence-corrected chi connectivity index (χ0v) is 9.99. The van der Waals surface area contributed by atoms with Crippen molar-refractivity contribution in [2.24, 2.45) is 5.92 Å². The van der Waals surface area contributed by atoms with Crippen LogP contribution in [-0.4, -0.2) is 35.3 Å². The molecule has 0 aromatic carbocycles. The summed E-state index contributed by atoms with van der Waals surface area (Å²) in [5.74, 6) is 2.34. The van der Waals surface area contributed by atoms with E-state index in [1.54, 1.807) is 0 Å². The lowest BCUT2D eigenvalue weighted by atomic mass is 9.97. The molecule has 4 nitrogen and oxygen atoms in total. The molecule has 0 aromatic rings. The number of hydrogen-bond acceptors (Lipinski definition) is 2. The topological polar surface area (TPSA) is 49.4 Å². The average Bonchev–Trinajstić information content (AvgIpc) is 2.23. The van der Waals surface area contributed by atoms with Gasteiger partial charge in [-0.3, -0.25) is 9.59 Å². The van der Waals surface area contributed by atoms with Gasteiger partial charge in [-0.1, -0.05) is 26.7 Å². The number of nitrogens with zero attached hydrogens (tertiary/aromatic N) is 1. The van der Waals surface area contributed by atoms with Crippen molar-refractivity contribution in [3.63, 3.8) is 0 Å². The highest BCUT2D eigenvalue weighted by Crippen LogP contribution is 2.16. The maximum absolute atomic E-state index is 12.1. The van der Waals surface area contributed by atoms with Gasteiger partial charge >= 0.3 is 0 Å². The quantitative estimate of drug-likeness (QED) is 0.702. The highest BCUT2D eigenvalue weighted by Gasteiger charge is 2.40. The van der Waals surface area contributed by atoms with Crippen LogP contribution in [0.4, 0.5) is 0 Å². The molecule has 1 saturated heterocycles. The molecular weight excluding hydrogens is 204 g/mol. The number of amides is 2. The zero-order valence-electron chi connectivity index (χ0n) is 9.99. The lowest BCUT2D eigenvalue weighted by Crippen LogP contribution is -2.64. The van der Waals surface area contributed by atoms with Gasteiger partial charge in [0.25, 0.3) is 0 Å². The van der Waals surface area contributed by atoms with E-state index >= 15 is 0 Å². The van der Waals surface area contributed by atoms with E-state index in [4.69, 9.17) is 6.42 Å². The van der Waals surface area contributed by atoms with E-state index in [1.165, 1.54) is 4.90 Å². The Morgan fingerprint density at radius 3 is 2.56 bits per heavy atom. The van der Waals surface area contributed by atoms with Gasteiger partial charge in [0.2, 0.25) is 11.8 Å². The summed E-state index contributed by atoms with van der Waals surface area (Å²) < 4.78 is 0. The molecule has 2 atom stereocenters. The number of nitrogens with one attached hydrogen (secondary N) is 1. The Morgan fingerprint density at radius 1 is 1.50 bits per heavy atom. The first-order chi connectivity index (χ1) is 7.52. The third-order valence-corrected chi connectivity index (χ3v) is 2.84. The maximum atomic E-state index is 12.1. The smallest absolute Gasteiger partial charge is 0.246 e. The molecule has 2 amide bonds. The van der Waals surface area contributed by atoms with Crippen LogP contribution in [0.5, 0.6) is 0 Å². The second-order valence-electron chi connectivity index (χ2n) is 4.32. The molecular formula is C12H18N2O2. The van der Waals surface area contributed by atoms with Crippen LogP contribution >= 0.6 is 0 Å². The first kappa shape index (κ1) is 12.6. The molecule has 1 N–H and O–H groups in total. The molecule has 1 heterocycles. The lowest BCUT2D eigenvalue weighted by Gasteiger charge is -2.39. The first-order valence-corrected chi connectivity index (χ1v) is 5.57. The van der Waals surface area contributed by atoms with Crippen LogP contribution in [0.1, 0.15) is 27.2 Å². The van der Waals surface area contributed by atoms with E-state index in [0.717, 1.165) is 0 Å². The van der Waals surface area contributed by atoms with Crippen molar-refractivity contribution >= 4 is 11.8 Å². The van der Waals surface area contributed by atoms with E-state index in [9.17, 15) is 9.59 Å². The Kier molecular flexibility index (Phi) is 3.94. The first-order valence-electron chi connectivity index (χ1n) is 5.57. The summed E-state index contributed by atoms with van der Waals surface area (Å²) in [6.45, 7) is 5.89. The van der Waals surface area contributed by atoms with Gasteiger partial charge in [-0.2, -0.15) is 0 Å². The third kappa shape index (κ3) is 2.19. The van der Waals surface area contributed by atoms with E-state index in [0.29, 0.717) is 6.42 Å². The van der Waals surface area contributed by atoms with Crippen molar-refractivity contribution in [1.29, 1.82) is 0 Å². The molecule has 1 fully saturated rings. The fourth-order valence-electron chi connectivity index (χ4n) is 1.93. The van der Waals surface area contributed by atoms with Crippen LogP contribution in [0.15, 0.2) is 0 Å². The molecule has 0 saturated carbocycles. The minimum Gasteiger partial charge on any atom is -0.342 e. The molecule has 1 aliphatic rings. The summed E-state index contributed by atoms with van der Waals surface area (Å²) >= 11 is 0. The molecule has 0 aliphatic carbocycles.